The van der Waals surface area contributed by atoms with Crippen molar-refractivity contribution in [1.29, 1.82) is 0 Å². The number of aliphatic hydroxyl groups excluding tert-OH is 2. The molecule has 7 N–H and O–H groups in total. The lowest BCUT2D eigenvalue weighted by atomic mass is 9.91. The minimum atomic E-state index is -1.64. The lowest BCUT2D eigenvalue weighted by molar-refractivity contribution is -0.156. The molecule has 100 heavy (non-hydrogen) atoms. The molecular weight excluding hydrogens is 1290 g/mol. The zero-order valence-electron chi connectivity index (χ0n) is 66.1. The number of esters is 1. The normalized spacial score (nSPS) is 16.6. The molecule has 11 amide bonds. The van der Waals surface area contributed by atoms with Gasteiger partial charge in [0, 0.05) is 42.3 Å². The van der Waals surface area contributed by atoms with Crippen molar-refractivity contribution in [3.63, 3.8) is 0 Å². The molecule has 0 saturated heterocycles. The molecule has 28 nitrogen and oxygen atoms in total. The standard InChI is InChI=1S/C72H131N11O17/c1-31-33-34-44(13)58(85)57(63(90)77-54(47(16)84)69(96)98-30)83(29)68(95)55(43(11)12)81(27)66(93)50(36-40(5)6)75-61(88)53(38-42(9)10)78(24)64(91)46(15)74-59(86)45(14)73-60(87)52(37-41(7)8)79(25)65(92)49(35-39(3)4)76-62(89)56(48(17)99-71(18,19)20)82(28)67(94)51(32-2)80(26)70(97)100-72(21,22)23/h31,33,39-58,84-85H,32,34-38H2,1-30H3,(H,73,87)(H,74,86)(H,75,88)(H,76,89)(H,77,90)/b33-31+/t44-,45+,46-,47-,48?,49+,50+,51-,52+,53+,54+,55+,56+,57+,58-/m1/s1. The first kappa shape index (κ1) is 93.1. The van der Waals surface area contributed by atoms with Crippen molar-refractivity contribution in [2.75, 3.05) is 49.4 Å². The van der Waals surface area contributed by atoms with Crippen LogP contribution >= 0.6 is 0 Å². The molecule has 0 radical (unpaired) electrons. The van der Waals surface area contributed by atoms with Gasteiger partial charge in [0.1, 0.15) is 66.0 Å². The molecule has 15 atom stereocenters. The van der Waals surface area contributed by atoms with Crippen molar-refractivity contribution in [3.05, 3.63) is 12.2 Å². The van der Waals surface area contributed by atoms with Gasteiger partial charge in [-0.3, -0.25) is 52.8 Å². The number of carbonyl (C=O) groups is 12. The van der Waals surface area contributed by atoms with Crippen molar-refractivity contribution < 1.29 is 82.0 Å². The highest BCUT2D eigenvalue weighted by Gasteiger charge is 2.46. The Hall–Kier alpha value is -6.94. The van der Waals surface area contributed by atoms with Gasteiger partial charge >= 0.3 is 12.1 Å². The number of aliphatic hydroxyl groups is 2. The van der Waals surface area contributed by atoms with Crippen LogP contribution < -0.4 is 26.6 Å². The molecule has 0 spiro atoms. The van der Waals surface area contributed by atoms with Crippen LogP contribution in [0.2, 0.25) is 0 Å². The van der Waals surface area contributed by atoms with E-state index in [0.29, 0.717) is 6.42 Å². The number of allylic oxidation sites excluding steroid dienone is 2. The summed E-state index contributed by atoms with van der Waals surface area (Å²) in [5.41, 5.74) is -1.65. The van der Waals surface area contributed by atoms with E-state index in [4.69, 9.17) is 14.2 Å². The Balaban J connectivity index is 7.08. The van der Waals surface area contributed by atoms with Crippen molar-refractivity contribution in [2.24, 2.45) is 35.5 Å². The highest BCUT2D eigenvalue weighted by molar-refractivity contribution is 5.99. The van der Waals surface area contributed by atoms with Crippen LogP contribution in [0.4, 0.5) is 4.79 Å². The molecule has 0 aliphatic carbocycles. The van der Waals surface area contributed by atoms with E-state index in [9.17, 15) is 67.7 Å². The smallest absolute Gasteiger partial charge is 0.410 e. The zero-order valence-corrected chi connectivity index (χ0v) is 66.1. The van der Waals surface area contributed by atoms with E-state index < -0.39 is 179 Å². The van der Waals surface area contributed by atoms with E-state index in [1.54, 1.807) is 95.2 Å². The van der Waals surface area contributed by atoms with Crippen molar-refractivity contribution in [1.82, 2.24) is 56.0 Å². The predicted octanol–water partition coefficient (Wildman–Crippen LogP) is 4.79. The molecule has 0 bridgehead atoms. The van der Waals surface area contributed by atoms with Crippen LogP contribution in [0.3, 0.4) is 0 Å². The monoisotopic (exact) mass is 1420 g/mol. The van der Waals surface area contributed by atoms with E-state index in [1.807, 2.05) is 55.4 Å². The van der Waals surface area contributed by atoms with Crippen molar-refractivity contribution in [3.8, 4) is 0 Å². The minimum Gasteiger partial charge on any atom is -0.467 e. The largest absolute Gasteiger partial charge is 0.467 e. The fourth-order valence-corrected chi connectivity index (χ4v) is 11.8. The van der Waals surface area contributed by atoms with Crippen molar-refractivity contribution >= 4 is 71.1 Å². The number of carbonyl (C=O) groups excluding carboxylic acids is 12. The third kappa shape index (κ3) is 29.2. The Bertz CT molecular complexity index is 2740. The average Bonchev–Trinajstić information content (AvgIpc) is 0.809. The predicted molar refractivity (Wildman–Crippen MR) is 383 cm³/mol. The van der Waals surface area contributed by atoms with E-state index in [2.05, 4.69) is 26.6 Å². The van der Waals surface area contributed by atoms with Gasteiger partial charge in [-0.25, -0.2) is 9.59 Å². The molecule has 0 rings (SSSR count). The Morgan fingerprint density at radius 2 is 0.860 bits per heavy atom. The van der Waals surface area contributed by atoms with Crippen LogP contribution in [-0.4, -0.2) is 256 Å². The first-order chi connectivity index (χ1) is 45.8. The minimum absolute atomic E-state index is 0.0800. The van der Waals surface area contributed by atoms with Crippen LogP contribution in [0.1, 0.15) is 198 Å². The maximum Gasteiger partial charge on any atom is 0.410 e. The Labute approximate surface area is 597 Å². The van der Waals surface area contributed by atoms with Gasteiger partial charge in [-0.05, 0) is 150 Å². The maximum absolute atomic E-state index is 14.9. The van der Waals surface area contributed by atoms with Gasteiger partial charge in [-0.15, -0.1) is 0 Å². The number of hydrogen-bond donors (Lipinski definition) is 7. The Morgan fingerprint density at radius 3 is 1.27 bits per heavy atom. The van der Waals surface area contributed by atoms with Gasteiger partial charge in [0.15, 0.2) is 6.04 Å². The molecule has 0 aromatic carbocycles. The van der Waals surface area contributed by atoms with Gasteiger partial charge in [0.25, 0.3) is 0 Å². The van der Waals surface area contributed by atoms with Crippen LogP contribution in [0, 0.1) is 35.5 Å². The Kier molecular flexibility index (Phi) is 38.9. The van der Waals surface area contributed by atoms with E-state index >= 15 is 0 Å². The number of amides is 11. The lowest BCUT2D eigenvalue weighted by Crippen LogP contribution is -2.63. The molecule has 0 saturated carbocycles. The number of ether oxygens (including phenoxy) is 3. The Morgan fingerprint density at radius 1 is 0.450 bits per heavy atom. The quantitative estimate of drug-likeness (QED) is 0.0321. The molecule has 0 fully saturated rings. The molecule has 28 heteroatoms. The summed E-state index contributed by atoms with van der Waals surface area (Å²) in [6.45, 7) is 39.4. The molecular formula is C72H131N11O17. The summed E-state index contributed by atoms with van der Waals surface area (Å²) >= 11 is 0. The molecule has 576 valence electrons. The second-order valence-corrected chi connectivity index (χ2v) is 30.9. The molecule has 0 aromatic heterocycles. The topological polar surface area (TPSA) is 353 Å². The summed E-state index contributed by atoms with van der Waals surface area (Å²) in [5, 5.41) is 35.7. The number of nitrogens with one attached hydrogen (secondary N) is 5. The second-order valence-electron chi connectivity index (χ2n) is 30.9. The first-order valence-electron chi connectivity index (χ1n) is 35.3. The number of likely N-dealkylation sites (N-methyl/N-ethyl adjacent to an activating group) is 6. The third-order valence-corrected chi connectivity index (χ3v) is 17.2. The molecule has 0 heterocycles. The molecule has 0 aliphatic rings. The van der Waals surface area contributed by atoms with Gasteiger partial charge in [-0.1, -0.05) is 95.2 Å². The fraction of sp³-hybridized carbons (Fsp3) is 0.806. The summed E-state index contributed by atoms with van der Waals surface area (Å²) in [6, 6.07) is -14.3. The van der Waals surface area contributed by atoms with Gasteiger partial charge in [-0.2, -0.15) is 0 Å². The summed E-state index contributed by atoms with van der Waals surface area (Å²) < 4.78 is 16.6. The van der Waals surface area contributed by atoms with Gasteiger partial charge in [0.2, 0.25) is 59.1 Å². The van der Waals surface area contributed by atoms with E-state index in [0.717, 1.165) is 12.0 Å². The van der Waals surface area contributed by atoms with Crippen LogP contribution in [0.15, 0.2) is 12.2 Å². The molecule has 1 unspecified atom stereocenters. The molecule has 0 aliphatic heterocycles. The second kappa shape index (κ2) is 41.8. The van der Waals surface area contributed by atoms with E-state index in [1.165, 1.54) is 87.6 Å². The third-order valence-electron chi connectivity index (χ3n) is 17.2. The van der Waals surface area contributed by atoms with Crippen molar-refractivity contribution in [2.45, 2.75) is 294 Å². The summed E-state index contributed by atoms with van der Waals surface area (Å²) in [5.74, 6) is -10.2. The maximum atomic E-state index is 14.9. The number of hydrogen-bond acceptors (Lipinski definition) is 17. The highest BCUT2D eigenvalue weighted by Crippen LogP contribution is 2.26. The molecule has 0 aromatic rings. The van der Waals surface area contributed by atoms with Gasteiger partial charge in [0.05, 0.1) is 31.0 Å². The number of nitrogens with zero attached hydrogens (tertiary/aromatic N) is 6. The zero-order chi connectivity index (χ0) is 78.3. The van der Waals surface area contributed by atoms with E-state index in [-0.39, 0.29) is 55.8 Å². The summed E-state index contributed by atoms with van der Waals surface area (Å²) in [7, 11) is 9.43. The lowest BCUT2D eigenvalue weighted by Gasteiger charge is -2.40. The average molecular weight is 1420 g/mol. The van der Waals surface area contributed by atoms with Crippen LogP contribution in [0.25, 0.3) is 0 Å². The highest BCUT2D eigenvalue weighted by atomic mass is 16.6. The summed E-state index contributed by atoms with van der Waals surface area (Å²) in [6.07, 6.45) is -0.206. The summed E-state index contributed by atoms with van der Waals surface area (Å²) in [4.78, 5) is 178. The fourth-order valence-electron chi connectivity index (χ4n) is 11.8. The van der Waals surface area contributed by atoms with Crippen LogP contribution in [-0.2, 0) is 67.0 Å². The van der Waals surface area contributed by atoms with Gasteiger partial charge < -0.3 is 75.5 Å². The number of rotatable bonds is 39. The van der Waals surface area contributed by atoms with Crippen LogP contribution in [0.5, 0.6) is 0 Å². The SMILES string of the molecule is C/C=C/C[C@@H](C)[C@@H](O)[C@@H](C(=O)N[C@H](C(=O)OC)[C@@H](C)O)N(C)C(=O)[C@H](C(C)C)N(C)C(=O)[C@H](CC(C)C)NC(=O)[C@H](CC(C)C)N(C)C(=O)[C@@H](C)NC(=O)[C@H](C)NC(=O)[C@H](CC(C)C)N(C)C(=O)[C@H](CC(C)C)NC(=O)[C@H](C(C)OC(C)(C)C)N(C)C(=O)[C@@H](CC)N(C)C(=O)OC(C)(C)C. The number of methoxy groups -OCH3 is 1. The first-order valence-corrected chi connectivity index (χ1v) is 35.3.